The summed E-state index contributed by atoms with van der Waals surface area (Å²) < 4.78 is 12.7. The molecule has 0 bridgehead atoms. The third-order valence-electron chi connectivity index (χ3n) is 5.71. The summed E-state index contributed by atoms with van der Waals surface area (Å²) in [6.45, 7) is 5.15. The van der Waals surface area contributed by atoms with Crippen LogP contribution in [-0.4, -0.2) is 52.3 Å². The number of likely N-dealkylation sites (tertiary alicyclic amines) is 1. The fraction of sp³-hybridized carbons (Fsp3) is 0.500. The van der Waals surface area contributed by atoms with Crippen LogP contribution in [0.25, 0.3) is 17.1 Å². The highest BCUT2D eigenvalue weighted by Gasteiger charge is 2.26. The molecule has 7 heteroatoms. The number of ether oxygens (including phenoxy) is 1. The summed E-state index contributed by atoms with van der Waals surface area (Å²) in [5.41, 5.74) is 8.89. The molecule has 2 atom stereocenters. The molecule has 27 heavy (non-hydrogen) atoms. The Balaban J connectivity index is 1.38. The SMILES string of the molecule is Nc1cc([C@@H]2CCCN(C[C@@H]3CCOC3)C2)nc2cc(-c3ccco3)nn12. The van der Waals surface area contributed by atoms with Gasteiger partial charge in [0.1, 0.15) is 11.5 Å². The van der Waals surface area contributed by atoms with Crippen molar-refractivity contribution in [2.24, 2.45) is 5.92 Å². The van der Waals surface area contributed by atoms with Gasteiger partial charge in [-0.3, -0.25) is 0 Å². The molecule has 2 aliphatic heterocycles. The Morgan fingerprint density at radius 2 is 2.22 bits per heavy atom. The van der Waals surface area contributed by atoms with Crippen LogP contribution in [0, 0.1) is 5.92 Å². The van der Waals surface area contributed by atoms with E-state index in [-0.39, 0.29) is 0 Å². The highest BCUT2D eigenvalue weighted by atomic mass is 16.5. The van der Waals surface area contributed by atoms with Crippen LogP contribution in [0.1, 0.15) is 30.9 Å². The van der Waals surface area contributed by atoms with Crippen molar-refractivity contribution in [3.05, 3.63) is 36.2 Å². The van der Waals surface area contributed by atoms with E-state index in [9.17, 15) is 0 Å². The van der Waals surface area contributed by atoms with Gasteiger partial charge in [0.2, 0.25) is 0 Å². The first-order valence-corrected chi connectivity index (χ1v) is 9.76. The number of hydrogen-bond acceptors (Lipinski definition) is 6. The minimum Gasteiger partial charge on any atom is -0.463 e. The topological polar surface area (TPSA) is 81.8 Å². The number of fused-ring (bicyclic) bond motifs is 1. The molecule has 0 unspecified atom stereocenters. The number of nitrogens with two attached hydrogens (primary N) is 1. The number of furan rings is 1. The second-order valence-electron chi connectivity index (χ2n) is 7.71. The van der Waals surface area contributed by atoms with Crippen LogP contribution in [0.2, 0.25) is 0 Å². The van der Waals surface area contributed by atoms with E-state index < -0.39 is 0 Å². The maximum absolute atomic E-state index is 6.30. The molecule has 5 rings (SSSR count). The molecule has 2 aliphatic rings. The number of piperidine rings is 1. The summed E-state index contributed by atoms with van der Waals surface area (Å²) in [7, 11) is 0. The molecule has 3 aromatic rings. The van der Waals surface area contributed by atoms with Crippen LogP contribution >= 0.6 is 0 Å². The minimum absolute atomic E-state index is 0.412. The molecule has 0 saturated carbocycles. The van der Waals surface area contributed by atoms with Crippen molar-refractivity contribution < 1.29 is 9.15 Å². The summed E-state index contributed by atoms with van der Waals surface area (Å²) in [4.78, 5) is 7.45. The second-order valence-corrected chi connectivity index (χ2v) is 7.71. The van der Waals surface area contributed by atoms with Gasteiger partial charge in [0.25, 0.3) is 0 Å². The first-order chi connectivity index (χ1) is 13.3. The summed E-state index contributed by atoms with van der Waals surface area (Å²) in [5, 5.41) is 4.54. The molecule has 7 nitrogen and oxygen atoms in total. The quantitative estimate of drug-likeness (QED) is 0.764. The van der Waals surface area contributed by atoms with E-state index in [2.05, 4.69) is 10.00 Å². The average molecular weight is 367 g/mol. The molecule has 2 N–H and O–H groups in total. The Hall–Kier alpha value is -2.38. The molecule has 0 aliphatic carbocycles. The molecule has 3 aromatic heterocycles. The zero-order valence-electron chi connectivity index (χ0n) is 15.4. The van der Waals surface area contributed by atoms with E-state index in [4.69, 9.17) is 19.9 Å². The fourth-order valence-corrected chi connectivity index (χ4v) is 4.33. The van der Waals surface area contributed by atoms with Gasteiger partial charge in [0.05, 0.1) is 18.6 Å². The largest absolute Gasteiger partial charge is 0.463 e. The van der Waals surface area contributed by atoms with Gasteiger partial charge in [-0.2, -0.15) is 9.61 Å². The molecule has 5 heterocycles. The first kappa shape index (κ1) is 16.8. The average Bonchev–Trinajstić information content (AvgIpc) is 3.43. The van der Waals surface area contributed by atoms with Crippen molar-refractivity contribution >= 4 is 11.5 Å². The number of hydrogen-bond donors (Lipinski definition) is 1. The predicted molar refractivity (Wildman–Crippen MR) is 102 cm³/mol. The van der Waals surface area contributed by atoms with Gasteiger partial charge < -0.3 is 19.8 Å². The van der Waals surface area contributed by atoms with Gasteiger partial charge in [-0.15, -0.1) is 0 Å². The summed E-state index contributed by atoms with van der Waals surface area (Å²) in [5.74, 6) is 2.43. The lowest BCUT2D eigenvalue weighted by Gasteiger charge is -2.33. The highest BCUT2D eigenvalue weighted by molar-refractivity contribution is 5.61. The Bertz CT molecular complexity index is 914. The lowest BCUT2D eigenvalue weighted by atomic mass is 9.93. The van der Waals surface area contributed by atoms with E-state index in [0.29, 0.717) is 17.7 Å². The summed E-state index contributed by atoms with van der Waals surface area (Å²) in [6, 6.07) is 7.67. The Kier molecular flexibility index (Phi) is 4.33. The Morgan fingerprint density at radius 3 is 3.04 bits per heavy atom. The van der Waals surface area contributed by atoms with Crippen molar-refractivity contribution in [2.45, 2.75) is 25.2 Å². The van der Waals surface area contributed by atoms with Crippen molar-refractivity contribution in [3.8, 4) is 11.5 Å². The van der Waals surface area contributed by atoms with E-state index >= 15 is 0 Å². The molecule has 142 valence electrons. The monoisotopic (exact) mass is 367 g/mol. The normalized spacial score (nSPS) is 24.0. The summed E-state index contributed by atoms with van der Waals surface area (Å²) in [6.07, 6.45) is 5.18. The van der Waals surface area contributed by atoms with Gasteiger partial charge in [-0.05, 0) is 43.9 Å². The number of nitrogens with zero attached hydrogens (tertiary/aromatic N) is 4. The molecular weight excluding hydrogens is 342 g/mol. The molecule has 0 spiro atoms. The third kappa shape index (κ3) is 3.33. The molecule has 0 amide bonds. The fourth-order valence-electron chi connectivity index (χ4n) is 4.33. The zero-order chi connectivity index (χ0) is 18.2. The standard InChI is InChI=1S/C20H25N5O2/c21-19-9-16(15-3-1-6-24(12-15)11-14-5-8-26-13-14)22-20-10-17(23-25(19)20)18-4-2-7-27-18/h2,4,7,9-10,14-15H,1,3,5-6,8,11-13,21H2/t14-,15+/m0/s1. The van der Waals surface area contributed by atoms with Crippen molar-refractivity contribution in [2.75, 3.05) is 38.6 Å². The van der Waals surface area contributed by atoms with Gasteiger partial charge >= 0.3 is 0 Å². The van der Waals surface area contributed by atoms with Crippen molar-refractivity contribution in [3.63, 3.8) is 0 Å². The smallest absolute Gasteiger partial charge is 0.158 e. The van der Waals surface area contributed by atoms with E-state index in [0.717, 1.165) is 55.5 Å². The minimum atomic E-state index is 0.412. The van der Waals surface area contributed by atoms with E-state index in [1.807, 2.05) is 24.3 Å². The maximum Gasteiger partial charge on any atom is 0.158 e. The second kappa shape index (κ2) is 6.98. The zero-order valence-corrected chi connectivity index (χ0v) is 15.4. The van der Waals surface area contributed by atoms with Crippen LogP contribution in [-0.2, 0) is 4.74 Å². The number of nitrogen functional groups attached to an aromatic ring is 1. The number of anilines is 1. The molecule has 2 fully saturated rings. The highest BCUT2D eigenvalue weighted by Crippen LogP contribution is 2.29. The molecule has 0 aromatic carbocycles. The lowest BCUT2D eigenvalue weighted by Crippen LogP contribution is -2.38. The van der Waals surface area contributed by atoms with Crippen LogP contribution in [0.3, 0.4) is 0 Å². The maximum atomic E-state index is 6.30. The van der Waals surface area contributed by atoms with Crippen molar-refractivity contribution in [1.29, 1.82) is 0 Å². The van der Waals surface area contributed by atoms with E-state index in [1.165, 1.54) is 19.4 Å². The van der Waals surface area contributed by atoms with Crippen LogP contribution in [0.15, 0.2) is 34.9 Å². The third-order valence-corrected chi connectivity index (χ3v) is 5.71. The van der Waals surface area contributed by atoms with Crippen LogP contribution in [0.5, 0.6) is 0 Å². The number of rotatable bonds is 4. The number of aromatic nitrogens is 3. The molecular formula is C20H25N5O2. The van der Waals surface area contributed by atoms with Gasteiger partial charge in [0.15, 0.2) is 11.4 Å². The van der Waals surface area contributed by atoms with Gasteiger partial charge in [0, 0.05) is 37.7 Å². The first-order valence-electron chi connectivity index (χ1n) is 9.76. The lowest BCUT2D eigenvalue weighted by molar-refractivity contribution is 0.149. The predicted octanol–water partition coefficient (Wildman–Crippen LogP) is 2.79. The van der Waals surface area contributed by atoms with Crippen LogP contribution < -0.4 is 5.73 Å². The Labute approximate surface area is 158 Å². The summed E-state index contributed by atoms with van der Waals surface area (Å²) >= 11 is 0. The molecule has 0 radical (unpaired) electrons. The van der Waals surface area contributed by atoms with Crippen LogP contribution in [0.4, 0.5) is 5.82 Å². The van der Waals surface area contributed by atoms with Crippen molar-refractivity contribution in [1.82, 2.24) is 19.5 Å². The molecule has 2 saturated heterocycles. The Morgan fingerprint density at radius 1 is 1.26 bits per heavy atom. The van der Waals surface area contributed by atoms with Gasteiger partial charge in [-0.25, -0.2) is 4.98 Å². The van der Waals surface area contributed by atoms with E-state index in [1.54, 1.807) is 10.8 Å². The van der Waals surface area contributed by atoms with Gasteiger partial charge in [-0.1, -0.05) is 0 Å².